The van der Waals surface area contributed by atoms with Crippen LogP contribution in [0.2, 0.25) is 0 Å². The van der Waals surface area contributed by atoms with Crippen molar-refractivity contribution in [3.63, 3.8) is 0 Å². The highest BCUT2D eigenvalue weighted by Gasteiger charge is 2.13. The summed E-state index contributed by atoms with van der Waals surface area (Å²) >= 11 is 3.52. The van der Waals surface area contributed by atoms with E-state index in [0.29, 0.717) is 0 Å². The molecule has 0 rings (SSSR count). The summed E-state index contributed by atoms with van der Waals surface area (Å²) < 4.78 is 1.24. The van der Waals surface area contributed by atoms with E-state index in [9.17, 15) is 0 Å². The molecule has 28 heavy (non-hydrogen) atoms. The zero-order valence-corrected chi connectivity index (χ0v) is 21.7. The molecule has 0 atom stereocenters. The molecule has 1 nitrogen and oxygen atoms in total. The van der Waals surface area contributed by atoms with E-state index in [1.165, 1.54) is 151 Å². The van der Waals surface area contributed by atoms with Crippen molar-refractivity contribution in [2.24, 2.45) is 0 Å². The summed E-state index contributed by atoms with van der Waals surface area (Å²) in [4.78, 5) is 0. The molecule has 0 spiro atoms. The van der Waals surface area contributed by atoms with Crippen LogP contribution in [0, 0.1) is 0 Å². The van der Waals surface area contributed by atoms with Gasteiger partial charge < -0.3 is 4.48 Å². The van der Waals surface area contributed by atoms with E-state index in [-0.39, 0.29) is 0 Å². The van der Waals surface area contributed by atoms with Gasteiger partial charge in [-0.15, -0.1) is 0 Å². The van der Waals surface area contributed by atoms with Crippen LogP contribution in [0.4, 0.5) is 0 Å². The Hall–Kier alpha value is 0.440. The molecule has 0 fully saturated rings. The third kappa shape index (κ3) is 22.7. The molecule has 0 radical (unpaired) electrons. The molecule has 170 valence electrons. The smallest absolute Gasteiger partial charge is 0.0782 e. The lowest BCUT2D eigenvalue weighted by molar-refractivity contribution is -0.890. The monoisotopic (exact) mass is 460 g/mol. The Balaban J connectivity index is 3.30. The van der Waals surface area contributed by atoms with Gasteiger partial charge in [-0.25, -0.2) is 0 Å². The van der Waals surface area contributed by atoms with E-state index in [1.54, 1.807) is 0 Å². The summed E-state index contributed by atoms with van der Waals surface area (Å²) in [6.07, 6.45) is 28.9. The summed E-state index contributed by atoms with van der Waals surface area (Å²) in [6.45, 7) is 5.06. The highest BCUT2D eigenvalue weighted by Crippen LogP contribution is 2.14. The average Bonchev–Trinajstić information content (AvgIpc) is 2.67. The average molecular weight is 462 g/mol. The van der Waals surface area contributed by atoms with Gasteiger partial charge in [-0.2, -0.15) is 0 Å². The van der Waals surface area contributed by atoms with Crippen LogP contribution in [0.15, 0.2) is 0 Å². The van der Waals surface area contributed by atoms with Gasteiger partial charge in [-0.05, 0) is 32.1 Å². The van der Waals surface area contributed by atoms with Crippen LogP contribution in [0.5, 0.6) is 0 Å². The van der Waals surface area contributed by atoms with Crippen molar-refractivity contribution in [1.82, 2.24) is 0 Å². The quantitative estimate of drug-likeness (QED) is 0.0808. The summed E-state index contributed by atoms with van der Waals surface area (Å²) in [5.41, 5.74) is 0. The van der Waals surface area contributed by atoms with Crippen LogP contribution >= 0.6 is 15.9 Å². The van der Waals surface area contributed by atoms with Gasteiger partial charge in [0.2, 0.25) is 0 Å². The van der Waals surface area contributed by atoms with Gasteiger partial charge in [-0.1, -0.05) is 119 Å². The molecule has 0 aromatic rings. The molecule has 0 aliphatic rings. The van der Waals surface area contributed by atoms with Crippen molar-refractivity contribution in [2.45, 2.75) is 135 Å². The maximum atomic E-state index is 3.52. The first-order chi connectivity index (χ1) is 13.6. The standard InChI is InChI=1S/C26H55BrN/c1-4-5-6-7-8-9-10-11-13-16-19-22-25-28(2,3)26-23-20-17-14-12-15-18-21-24-27/h4-26H2,1-3H3/q+1. The minimum atomic E-state index is 1.18. The van der Waals surface area contributed by atoms with Crippen molar-refractivity contribution in [3.05, 3.63) is 0 Å². The van der Waals surface area contributed by atoms with Crippen LogP contribution in [0.3, 0.4) is 0 Å². The molecular formula is C26H55BrN+. The summed E-state index contributed by atoms with van der Waals surface area (Å²) in [6, 6.07) is 0. The Labute approximate surface area is 188 Å². The van der Waals surface area contributed by atoms with Crippen LogP contribution in [0.25, 0.3) is 0 Å². The van der Waals surface area contributed by atoms with Crippen LogP contribution in [0.1, 0.15) is 135 Å². The number of hydrogen-bond acceptors (Lipinski definition) is 0. The Morgan fingerprint density at radius 1 is 0.429 bits per heavy atom. The molecular weight excluding hydrogens is 406 g/mol. The first-order valence-corrected chi connectivity index (χ1v) is 14.1. The predicted octanol–water partition coefficient (Wildman–Crippen LogP) is 9.28. The largest absolute Gasteiger partial charge is 0.328 e. The Morgan fingerprint density at radius 2 is 0.714 bits per heavy atom. The second kappa shape index (κ2) is 22.1. The molecule has 0 aromatic carbocycles. The fourth-order valence-electron chi connectivity index (χ4n) is 4.19. The van der Waals surface area contributed by atoms with Gasteiger partial charge in [-0.3, -0.25) is 0 Å². The molecule has 0 amide bonds. The molecule has 0 saturated heterocycles. The van der Waals surface area contributed by atoms with Crippen LogP contribution in [-0.2, 0) is 0 Å². The number of quaternary nitrogens is 1. The van der Waals surface area contributed by atoms with E-state index >= 15 is 0 Å². The minimum Gasteiger partial charge on any atom is -0.328 e. The van der Waals surface area contributed by atoms with Gasteiger partial charge in [0, 0.05) is 5.33 Å². The highest BCUT2D eigenvalue weighted by atomic mass is 79.9. The highest BCUT2D eigenvalue weighted by molar-refractivity contribution is 9.09. The molecule has 0 unspecified atom stereocenters. The fraction of sp³-hybridized carbons (Fsp3) is 1.00. The third-order valence-electron chi connectivity index (χ3n) is 6.26. The van der Waals surface area contributed by atoms with Crippen molar-refractivity contribution in [3.8, 4) is 0 Å². The van der Waals surface area contributed by atoms with E-state index < -0.39 is 0 Å². The zero-order valence-electron chi connectivity index (χ0n) is 20.1. The van der Waals surface area contributed by atoms with Crippen molar-refractivity contribution in [2.75, 3.05) is 32.5 Å². The molecule has 2 heteroatoms. The second-order valence-corrected chi connectivity index (χ2v) is 10.6. The number of unbranched alkanes of at least 4 members (excludes halogenated alkanes) is 18. The first-order valence-electron chi connectivity index (χ1n) is 13.0. The summed E-state index contributed by atoms with van der Waals surface area (Å²) in [5, 5.41) is 1.18. The normalized spacial score (nSPS) is 12.0. The van der Waals surface area contributed by atoms with E-state index in [4.69, 9.17) is 0 Å². The van der Waals surface area contributed by atoms with Gasteiger partial charge in [0.1, 0.15) is 0 Å². The van der Waals surface area contributed by atoms with Crippen LogP contribution < -0.4 is 0 Å². The lowest BCUT2D eigenvalue weighted by Crippen LogP contribution is -2.41. The number of hydrogen-bond donors (Lipinski definition) is 0. The zero-order chi connectivity index (χ0) is 20.8. The van der Waals surface area contributed by atoms with E-state index in [2.05, 4.69) is 36.9 Å². The maximum Gasteiger partial charge on any atom is 0.0782 e. The van der Waals surface area contributed by atoms with Crippen LogP contribution in [-0.4, -0.2) is 37.0 Å². The lowest BCUT2D eigenvalue weighted by Gasteiger charge is -2.30. The first kappa shape index (κ1) is 28.4. The molecule has 0 N–H and O–H groups in total. The van der Waals surface area contributed by atoms with Gasteiger partial charge in [0.05, 0.1) is 27.2 Å². The number of halogens is 1. The second-order valence-electron chi connectivity index (χ2n) is 9.79. The molecule has 0 aliphatic heterocycles. The van der Waals surface area contributed by atoms with Crippen molar-refractivity contribution >= 4 is 15.9 Å². The predicted molar refractivity (Wildman–Crippen MR) is 134 cm³/mol. The summed E-state index contributed by atoms with van der Waals surface area (Å²) in [7, 11) is 4.89. The molecule has 0 aromatic heterocycles. The Kier molecular flexibility index (Phi) is 22.5. The Bertz CT molecular complexity index is 290. The number of rotatable bonds is 23. The van der Waals surface area contributed by atoms with E-state index in [1.807, 2.05) is 0 Å². The topological polar surface area (TPSA) is 0 Å². The number of alkyl halides is 1. The SMILES string of the molecule is CCCCCCCCCCCCCC[N+](C)(C)CCCCCCCCCCBr. The molecule has 0 bridgehead atoms. The van der Waals surface area contributed by atoms with E-state index in [0.717, 1.165) is 0 Å². The van der Waals surface area contributed by atoms with Crippen molar-refractivity contribution < 1.29 is 4.48 Å². The fourth-order valence-corrected chi connectivity index (χ4v) is 4.58. The van der Waals surface area contributed by atoms with Gasteiger partial charge in [0.25, 0.3) is 0 Å². The lowest BCUT2D eigenvalue weighted by atomic mass is 10.0. The van der Waals surface area contributed by atoms with Crippen molar-refractivity contribution in [1.29, 1.82) is 0 Å². The molecule has 0 heterocycles. The summed E-state index contributed by atoms with van der Waals surface area (Å²) in [5.74, 6) is 0. The van der Waals surface area contributed by atoms with Gasteiger partial charge >= 0.3 is 0 Å². The third-order valence-corrected chi connectivity index (χ3v) is 6.82. The van der Waals surface area contributed by atoms with Gasteiger partial charge in [0.15, 0.2) is 0 Å². The Morgan fingerprint density at radius 3 is 1.04 bits per heavy atom. The maximum absolute atomic E-state index is 3.52. The number of nitrogens with zero attached hydrogens (tertiary/aromatic N) is 1. The minimum absolute atomic E-state index is 1.18. The molecule has 0 saturated carbocycles. The molecule has 0 aliphatic carbocycles.